The van der Waals surface area contributed by atoms with Crippen LogP contribution in [0.15, 0.2) is 18.2 Å². The quantitative estimate of drug-likeness (QED) is 0.523. The van der Waals surface area contributed by atoms with Crippen LogP contribution >= 0.6 is 15.9 Å². The van der Waals surface area contributed by atoms with Crippen LogP contribution in [-0.2, 0) is 5.33 Å². The first-order valence-corrected chi connectivity index (χ1v) is 7.80. The lowest BCUT2D eigenvalue weighted by Crippen LogP contribution is -2.08. The maximum Gasteiger partial charge on any atom is 0.123 e. The molecule has 0 saturated heterocycles. The van der Waals surface area contributed by atoms with Crippen LogP contribution in [0.4, 0.5) is 0 Å². The average Bonchev–Trinajstić information content (AvgIpc) is 2.39. The smallest absolute Gasteiger partial charge is 0.123 e. The molecule has 0 saturated carbocycles. The summed E-state index contributed by atoms with van der Waals surface area (Å²) in [5, 5.41) is 9.75. The van der Waals surface area contributed by atoms with Crippen molar-refractivity contribution in [2.24, 2.45) is 5.41 Å². The molecule has 0 N–H and O–H groups in total. The Morgan fingerprint density at radius 1 is 1.32 bits per heavy atom. The van der Waals surface area contributed by atoms with Crippen LogP contribution in [0.1, 0.15) is 44.2 Å². The van der Waals surface area contributed by atoms with Crippen LogP contribution in [0.2, 0.25) is 0 Å². The maximum atomic E-state index is 8.94. The molecule has 0 bridgehead atoms. The summed E-state index contributed by atoms with van der Waals surface area (Å²) in [5.41, 5.74) is 2.22. The normalized spacial score (nSPS) is 11.1. The molecule has 19 heavy (non-hydrogen) atoms. The lowest BCUT2D eigenvalue weighted by molar-refractivity contribution is 0.293. The lowest BCUT2D eigenvalue weighted by atomic mass is 9.89. The Balaban J connectivity index is 2.36. The largest absolute Gasteiger partial charge is 0.493 e. The summed E-state index contributed by atoms with van der Waals surface area (Å²) in [6.45, 7) is 6.76. The van der Waals surface area contributed by atoms with Crippen molar-refractivity contribution in [1.82, 2.24) is 0 Å². The van der Waals surface area contributed by atoms with E-state index in [0.717, 1.165) is 30.3 Å². The van der Waals surface area contributed by atoms with Gasteiger partial charge in [0.15, 0.2) is 0 Å². The van der Waals surface area contributed by atoms with Gasteiger partial charge in [-0.1, -0.05) is 33.6 Å². The van der Waals surface area contributed by atoms with E-state index in [-0.39, 0.29) is 5.41 Å². The molecule has 1 aromatic carbocycles. The highest BCUT2D eigenvalue weighted by molar-refractivity contribution is 9.08. The molecule has 0 unspecified atom stereocenters. The second-order valence-electron chi connectivity index (χ2n) is 5.55. The molecule has 2 nitrogen and oxygen atoms in total. The number of alkyl halides is 1. The van der Waals surface area contributed by atoms with Crippen molar-refractivity contribution in [3.05, 3.63) is 29.3 Å². The van der Waals surface area contributed by atoms with E-state index in [1.165, 1.54) is 11.1 Å². The van der Waals surface area contributed by atoms with Gasteiger partial charge in [-0.25, -0.2) is 0 Å². The molecule has 1 rings (SSSR count). The molecular formula is C16H22BrNO. The molecule has 0 radical (unpaired) electrons. The maximum absolute atomic E-state index is 8.94. The minimum Gasteiger partial charge on any atom is -0.493 e. The number of nitriles is 1. The van der Waals surface area contributed by atoms with Crippen molar-refractivity contribution < 1.29 is 4.74 Å². The Morgan fingerprint density at radius 2 is 2.05 bits per heavy atom. The van der Waals surface area contributed by atoms with E-state index in [1.54, 1.807) is 0 Å². The number of ether oxygens (including phenoxy) is 1. The molecule has 0 amide bonds. The molecule has 0 aliphatic rings. The lowest BCUT2D eigenvalue weighted by Gasteiger charge is -2.15. The van der Waals surface area contributed by atoms with Gasteiger partial charge in [0.25, 0.3) is 0 Å². The molecule has 0 heterocycles. The van der Waals surface area contributed by atoms with Gasteiger partial charge >= 0.3 is 0 Å². The number of hydrogen-bond donors (Lipinski definition) is 0. The Kier molecular flexibility index (Phi) is 6.37. The zero-order valence-electron chi connectivity index (χ0n) is 12.0. The number of aryl methyl sites for hydroxylation is 1. The average molecular weight is 324 g/mol. The van der Waals surface area contributed by atoms with Crippen LogP contribution in [0.5, 0.6) is 5.75 Å². The van der Waals surface area contributed by atoms with Crippen molar-refractivity contribution in [2.45, 2.75) is 45.4 Å². The predicted octanol–water partition coefficient (Wildman–Crippen LogP) is 4.99. The fourth-order valence-corrected chi connectivity index (χ4v) is 2.30. The van der Waals surface area contributed by atoms with Crippen LogP contribution in [0.25, 0.3) is 0 Å². The summed E-state index contributed by atoms with van der Waals surface area (Å²) >= 11 is 3.48. The Hall–Kier alpha value is -1.01. The monoisotopic (exact) mass is 323 g/mol. The topological polar surface area (TPSA) is 33.0 Å². The Morgan fingerprint density at radius 3 is 2.68 bits per heavy atom. The second-order valence-corrected chi connectivity index (χ2v) is 6.11. The van der Waals surface area contributed by atoms with E-state index in [9.17, 15) is 0 Å². The first kappa shape index (κ1) is 16.0. The number of halogens is 1. The third kappa shape index (κ3) is 5.65. The van der Waals surface area contributed by atoms with Gasteiger partial charge in [0.2, 0.25) is 0 Å². The first-order chi connectivity index (χ1) is 8.98. The molecule has 1 aromatic rings. The van der Waals surface area contributed by atoms with Gasteiger partial charge < -0.3 is 4.74 Å². The standard InChI is InChI=1S/C16H22BrNO/c1-13-6-7-15(14(10-13)11-17)19-9-5-4-8-16(2,3)12-18/h6-7,10H,4-5,8-9,11H2,1-3H3. The predicted molar refractivity (Wildman–Crippen MR) is 82.6 cm³/mol. The van der Waals surface area contributed by atoms with Crippen molar-refractivity contribution in [3.8, 4) is 11.8 Å². The highest BCUT2D eigenvalue weighted by Gasteiger charge is 2.15. The van der Waals surface area contributed by atoms with Gasteiger partial charge in [0.05, 0.1) is 18.1 Å². The molecule has 0 aliphatic carbocycles. The molecule has 104 valence electrons. The van der Waals surface area contributed by atoms with Crippen molar-refractivity contribution in [2.75, 3.05) is 6.61 Å². The first-order valence-electron chi connectivity index (χ1n) is 6.68. The summed E-state index contributed by atoms with van der Waals surface area (Å²) in [4.78, 5) is 0. The van der Waals surface area contributed by atoms with E-state index in [1.807, 2.05) is 19.9 Å². The van der Waals surface area contributed by atoms with Gasteiger partial charge in [-0.2, -0.15) is 5.26 Å². The zero-order chi connectivity index (χ0) is 14.3. The minimum absolute atomic E-state index is 0.217. The Bertz CT molecular complexity index is 449. The summed E-state index contributed by atoms with van der Waals surface area (Å²) in [6.07, 6.45) is 2.93. The van der Waals surface area contributed by atoms with E-state index in [0.29, 0.717) is 6.61 Å². The molecule has 0 fully saturated rings. The van der Waals surface area contributed by atoms with Crippen LogP contribution in [0.3, 0.4) is 0 Å². The van der Waals surface area contributed by atoms with Crippen LogP contribution < -0.4 is 4.74 Å². The number of nitrogens with zero attached hydrogens (tertiary/aromatic N) is 1. The van der Waals surface area contributed by atoms with Gasteiger partial charge in [0.1, 0.15) is 5.75 Å². The second kappa shape index (κ2) is 7.55. The van der Waals surface area contributed by atoms with E-state index < -0.39 is 0 Å². The summed E-state index contributed by atoms with van der Waals surface area (Å²) in [5.74, 6) is 0.960. The molecule has 0 aromatic heterocycles. The highest BCUT2D eigenvalue weighted by Crippen LogP contribution is 2.24. The van der Waals surface area contributed by atoms with Gasteiger partial charge in [0, 0.05) is 10.9 Å². The molecular weight excluding hydrogens is 302 g/mol. The Labute approximate surface area is 124 Å². The number of hydrogen-bond acceptors (Lipinski definition) is 2. The summed E-state index contributed by atoms with van der Waals surface area (Å²) < 4.78 is 5.82. The minimum atomic E-state index is -0.217. The van der Waals surface area contributed by atoms with Crippen molar-refractivity contribution in [3.63, 3.8) is 0 Å². The van der Waals surface area contributed by atoms with Gasteiger partial charge in [-0.3, -0.25) is 0 Å². The third-order valence-corrected chi connectivity index (χ3v) is 3.72. The summed E-state index contributed by atoms with van der Waals surface area (Å²) in [6, 6.07) is 8.57. The summed E-state index contributed by atoms with van der Waals surface area (Å²) in [7, 11) is 0. The number of unbranched alkanes of at least 4 members (excludes halogenated alkanes) is 1. The SMILES string of the molecule is Cc1ccc(OCCCCC(C)(C)C#N)c(CBr)c1. The van der Waals surface area contributed by atoms with Crippen LogP contribution in [-0.4, -0.2) is 6.61 Å². The molecule has 0 atom stereocenters. The van der Waals surface area contributed by atoms with Crippen LogP contribution in [0, 0.1) is 23.7 Å². The number of rotatable bonds is 7. The number of benzene rings is 1. The van der Waals surface area contributed by atoms with Crippen molar-refractivity contribution >= 4 is 15.9 Å². The molecule has 0 spiro atoms. The van der Waals surface area contributed by atoms with Gasteiger partial charge in [-0.05, 0) is 46.1 Å². The van der Waals surface area contributed by atoms with Crippen molar-refractivity contribution in [1.29, 1.82) is 5.26 Å². The zero-order valence-corrected chi connectivity index (χ0v) is 13.6. The van der Waals surface area contributed by atoms with Gasteiger partial charge in [-0.15, -0.1) is 0 Å². The third-order valence-electron chi connectivity index (χ3n) is 3.12. The molecule has 3 heteroatoms. The fourth-order valence-electron chi connectivity index (χ4n) is 1.86. The van der Waals surface area contributed by atoms with E-state index >= 15 is 0 Å². The molecule has 0 aliphatic heterocycles. The highest BCUT2D eigenvalue weighted by atomic mass is 79.9. The fraction of sp³-hybridized carbons (Fsp3) is 0.562. The van der Waals surface area contributed by atoms with E-state index in [2.05, 4.69) is 41.1 Å². The van der Waals surface area contributed by atoms with E-state index in [4.69, 9.17) is 10.00 Å².